The molecule has 5 nitrogen and oxygen atoms in total. The summed E-state index contributed by atoms with van der Waals surface area (Å²) in [7, 11) is 13.1. The van der Waals surface area contributed by atoms with Crippen molar-refractivity contribution in [1.82, 2.24) is 0 Å². The summed E-state index contributed by atoms with van der Waals surface area (Å²) in [6.07, 6.45) is 1.13. The second-order valence-corrected chi connectivity index (χ2v) is 6.86. The molecule has 0 aromatic carbocycles. The molecule has 0 saturated carbocycles. The van der Waals surface area contributed by atoms with Crippen LogP contribution in [0.5, 0.6) is 0 Å². The molecular formula is C12H30Cl2N2O3. The third-order valence-electron chi connectivity index (χ3n) is 2.31. The van der Waals surface area contributed by atoms with Crippen LogP contribution in [0.4, 0.5) is 0 Å². The second kappa shape index (κ2) is 9.34. The number of rotatable bonds is 4. The first-order valence-electron chi connectivity index (χ1n) is 6.00. The van der Waals surface area contributed by atoms with Crippen LogP contribution in [-0.2, 0) is 9.47 Å². The van der Waals surface area contributed by atoms with E-state index in [0.717, 1.165) is 35.3 Å². The standard InChI is InChI=1S/2C6H14NO.2ClH.H2O/c2*1-7(2,3)4-6-5-8-6;;;/h2*6H,4-5H2,1-3H3;2*1H;1H2/q2*+1;;;/p-2. The summed E-state index contributed by atoms with van der Waals surface area (Å²) in [5.74, 6) is 0. The fourth-order valence-corrected chi connectivity index (χ4v) is 1.57. The summed E-state index contributed by atoms with van der Waals surface area (Å²) in [6, 6.07) is 0. The van der Waals surface area contributed by atoms with Gasteiger partial charge in [0.25, 0.3) is 0 Å². The maximum absolute atomic E-state index is 5.07. The van der Waals surface area contributed by atoms with Crippen LogP contribution >= 0.6 is 0 Å². The quantitative estimate of drug-likeness (QED) is 0.382. The van der Waals surface area contributed by atoms with Crippen LogP contribution < -0.4 is 24.8 Å². The molecule has 0 aromatic heterocycles. The van der Waals surface area contributed by atoms with E-state index in [1.165, 1.54) is 0 Å². The first-order valence-corrected chi connectivity index (χ1v) is 6.00. The van der Waals surface area contributed by atoms with E-state index >= 15 is 0 Å². The lowest BCUT2D eigenvalue weighted by atomic mass is 10.4. The van der Waals surface area contributed by atoms with E-state index in [1.54, 1.807) is 0 Å². The summed E-state index contributed by atoms with van der Waals surface area (Å²) >= 11 is 0. The van der Waals surface area contributed by atoms with Crippen molar-refractivity contribution in [1.29, 1.82) is 0 Å². The first-order chi connectivity index (χ1) is 7.16. The van der Waals surface area contributed by atoms with Crippen LogP contribution in [0.15, 0.2) is 0 Å². The lowest BCUT2D eigenvalue weighted by Gasteiger charge is -2.22. The number of ether oxygens (including phenoxy) is 2. The predicted molar refractivity (Wildman–Crippen MR) is 68.9 cm³/mol. The third-order valence-corrected chi connectivity index (χ3v) is 2.31. The number of epoxide rings is 2. The average Bonchev–Trinajstić information content (AvgIpc) is 2.79. The molecule has 0 radical (unpaired) electrons. The van der Waals surface area contributed by atoms with E-state index in [2.05, 4.69) is 42.3 Å². The number of hydrogen-bond donors (Lipinski definition) is 0. The zero-order valence-electron chi connectivity index (χ0n) is 12.9. The Morgan fingerprint density at radius 2 is 0.947 bits per heavy atom. The number of nitrogens with zero attached hydrogens (tertiary/aromatic N) is 2. The molecule has 7 heteroatoms. The van der Waals surface area contributed by atoms with E-state index < -0.39 is 0 Å². The molecule has 0 aromatic rings. The SMILES string of the molecule is C[N+](C)(C)CC1CO1.C[N+](C)(C)CC1CO1.O.[Cl-].[Cl-]. The Kier molecular flexibility index (Phi) is 12.0. The van der Waals surface area contributed by atoms with Gasteiger partial charge in [-0.3, -0.25) is 0 Å². The van der Waals surface area contributed by atoms with Crippen molar-refractivity contribution >= 4 is 0 Å². The molecule has 0 amide bonds. The van der Waals surface area contributed by atoms with E-state index in [-0.39, 0.29) is 30.3 Å². The molecule has 0 spiro atoms. The number of quaternary nitrogens is 2. The van der Waals surface area contributed by atoms with Gasteiger partial charge in [-0.05, 0) is 0 Å². The summed E-state index contributed by atoms with van der Waals surface area (Å²) in [5, 5.41) is 0. The third kappa shape index (κ3) is 18.4. The minimum Gasteiger partial charge on any atom is -1.00 e. The molecule has 2 heterocycles. The Balaban J connectivity index is -0.000000233. The molecule has 2 aliphatic rings. The molecule has 2 aliphatic heterocycles. The molecule has 2 atom stereocenters. The highest BCUT2D eigenvalue weighted by atomic mass is 35.5. The van der Waals surface area contributed by atoms with Crippen LogP contribution in [-0.4, -0.2) is 95.2 Å². The second-order valence-electron chi connectivity index (χ2n) is 6.86. The van der Waals surface area contributed by atoms with Gasteiger partial charge in [0, 0.05) is 0 Å². The molecule has 2 rings (SSSR count). The smallest absolute Gasteiger partial charge is 0.130 e. The van der Waals surface area contributed by atoms with Gasteiger partial charge in [0.1, 0.15) is 25.3 Å². The van der Waals surface area contributed by atoms with Gasteiger partial charge in [-0.25, -0.2) is 0 Å². The van der Waals surface area contributed by atoms with Crippen molar-refractivity contribution in [3.8, 4) is 0 Å². The van der Waals surface area contributed by atoms with Crippen LogP contribution in [0, 0.1) is 0 Å². The molecule has 2 unspecified atom stereocenters. The van der Waals surface area contributed by atoms with Crippen molar-refractivity contribution in [3.05, 3.63) is 0 Å². The van der Waals surface area contributed by atoms with Crippen molar-refractivity contribution < 1.29 is 48.7 Å². The normalized spacial score (nSPS) is 23.7. The summed E-state index contributed by atoms with van der Waals surface area (Å²) in [6.45, 7) is 4.27. The largest absolute Gasteiger partial charge is 1.00 e. The van der Waals surface area contributed by atoms with Gasteiger partial charge in [-0.15, -0.1) is 0 Å². The van der Waals surface area contributed by atoms with E-state index in [0.29, 0.717) is 12.2 Å². The van der Waals surface area contributed by atoms with Gasteiger partial charge in [-0.1, -0.05) is 0 Å². The Bertz CT molecular complexity index is 198. The van der Waals surface area contributed by atoms with Crippen molar-refractivity contribution in [2.24, 2.45) is 0 Å². The van der Waals surface area contributed by atoms with Crippen LogP contribution in [0.3, 0.4) is 0 Å². The maximum atomic E-state index is 5.07. The minimum absolute atomic E-state index is 0. The molecule has 19 heavy (non-hydrogen) atoms. The Labute approximate surface area is 130 Å². The number of likely N-dealkylation sites (N-methyl/N-ethyl adjacent to an activating group) is 2. The number of hydrogen-bond acceptors (Lipinski definition) is 2. The van der Waals surface area contributed by atoms with Crippen molar-refractivity contribution in [2.75, 3.05) is 68.6 Å². The molecule has 0 aliphatic carbocycles. The molecule has 2 N–H and O–H groups in total. The fraction of sp³-hybridized carbons (Fsp3) is 1.00. The molecular weight excluding hydrogens is 291 g/mol. The summed E-state index contributed by atoms with van der Waals surface area (Å²) in [4.78, 5) is 0. The lowest BCUT2D eigenvalue weighted by molar-refractivity contribution is -0.870. The van der Waals surface area contributed by atoms with Gasteiger partial charge in [0.15, 0.2) is 0 Å². The van der Waals surface area contributed by atoms with Crippen LogP contribution in [0.25, 0.3) is 0 Å². The first kappa shape index (κ1) is 24.4. The summed E-state index contributed by atoms with van der Waals surface area (Å²) in [5.41, 5.74) is 0. The van der Waals surface area contributed by atoms with Crippen molar-refractivity contribution in [3.63, 3.8) is 0 Å². The van der Waals surface area contributed by atoms with Crippen LogP contribution in [0.2, 0.25) is 0 Å². The highest BCUT2D eigenvalue weighted by Gasteiger charge is 2.29. The average molecular weight is 321 g/mol. The highest BCUT2D eigenvalue weighted by molar-refractivity contribution is 4.67. The van der Waals surface area contributed by atoms with E-state index in [1.807, 2.05) is 0 Å². The Morgan fingerprint density at radius 1 is 0.737 bits per heavy atom. The van der Waals surface area contributed by atoms with Gasteiger partial charge in [0.05, 0.1) is 55.5 Å². The monoisotopic (exact) mass is 320 g/mol. The molecule has 0 bridgehead atoms. The minimum atomic E-state index is 0. The Hall–Kier alpha value is 0.380. The zero-order valence-corrected chi connectivity index (χ0v) is 14.5. The Morgan fingerprint density at radius 3 is 1.00 bits per heavy atom. The van der Waals surface area contributed by atoms with Crippen molar-refractivity contribution in [2.45, 2.75) is 12.2 Å². The highest BCUT2D eigenvalue weighted by Crippen LogP contribution is 2.11. The fourth-order valence-electron chi connectivity index (χ4n) is 1.57. The zero-order chi connectivity index (χ0) is 12.4. The van der Waals surface area contributed by atoms with E-state index in [9.17, 15) is 0 Å². The molecule has 2 saturated heterocycles. The molecule has 2 fully saturated rings. The van der Waals surface area contributed by atoms with E-state index in [4.69, 9.17) is 9.47 Å². The lowest BCUT2D eigenvalue weighted by Crippen LogP contribution is -3.00. The topological polar surface area (TPSA) is 56.6 Å². The van der Waals surface area contributed by atoms with Gasteiger partial charge >= 0.3 is 0 Å². The summed E-state index contributed by atoms with van der Waals surface area (Å²) < 4.78 is 12.2. The molecule has 120 valence electrons. The van der Waals surface area contributed by atoms with Crippen LogP contribution in [0.1, 0.15) is 0 Å². The van der Waals surface area contributed by atoms with Gasteiger partial charge < -0.3 is 48.7 Å². The maximum Gasteiger partial charge on any atom is 0.130 e. The van der Waals surface area contributed by atoms with Gasteiger partial charge in [-0.2, -0.15) is 0 Å². The predicted octanol–water partition coefficient (Wildman–Crippen LogP) is -6.63. The van der Waals surface area contributed by atoms with Gasteiger partial charge in [0.2, 0.25) is 0 Å². The number of halogens is 2.